The summed E-state index contributed by atoms with van der Waals surface area (Å²) in [6.45, 7) is 4.25. The van der Waals surface area contributed by atoms with Crippen LogP contribution in [0.4, 0.5) is 0 Å². The molecule has 24 heavy (non-hydrogen) atoms. The van der Waals surface area contributed by atoms with Crippen molar-refractivity contribution in [1.29, 1.82) is 0 Å². The number of benzene rings is 2. The van der Waals surface area contributed by atoms with E-state index in [1.165, 1.54) is 31.0 Å². The van der Waals surface area contributed by atoms with Crippen LogP contribution in [0.3, 0.4) is 0 Å². The topological polar surface area (TPSA) is 0 Å². The first-order valence-electron chi connectivity index (χ1n) is 7.65. The van der Waals surface area contributed by atoms with Gasteiger partial charge in [-0.1, -0.05) is 59.7 Å². The summed E-state index contributed by atoms with van der Waals surface area (Å²) in [5.74, 6) is 0.416. The van der Waals surface area contributed by atoms with Crippen molar-refractivity contribution in [3.8, 4) is 11.1 Å². The minimum absolute atomic E-state index is 0. The van der Waals surface area contributed by atoms with E-state index in [-0.39, 0.29) is 14.9 Å². The van der Waals surface area contributed by atoms with Gasteiger partial charge < -0.3 is 14.9 Å². The average Bonchev–Trinajstić information content (AvgIpc) is 3.13. The summed E-state index contributed by atoms with van der Waals surface area (Å²) >= 11 is 1.55. The molecule has 2 aliphatic rings. The van der Waals surface area contributed by atoms with Crippen LogP contribution in [0.25, 0.3) is 11.1 Å². The third kappa shape index (κ3) is 4.61. The molecular formula is C23H25Zr-3. The van der Waals surface area contributed by atoms with Gasteiger partial charge in [0.25, 0.3) is 0 Å². The summed E-state index contributed by atoms with van der Waals surface area (Å²) < 4.78 is 1.51. The zero-order valence-corrected chi connectivity index (χ0v) is 17.5. The Labute approximate surface area is 162 Å². The molecule has 0 bridgehead atoms. The normalized spacial score (nSPS) is 13.0. The van der Waals surface area contributed by atoms with E-state index in [2.05, 4.69) is 80.6 Å². The van der Waals surface area contributed by atoms with E-state index in [0.717, 1.165) is 6.42 Å². The first-order chi connectivity index (χ1) is 10.6. The fourth-order valence-corrected chi connectivity index (χ4v) is 2.91. The molecule has 0 heterocycles. The molecule has 0 aliphatic heterocycles. The van der Waals surface area contributed by atoms with Gasteiger partial charge >= 0.3 is 41.3 Å². The molecule has 0 spiro atoms. The van der Waals surface area contributed by atoms with Crippen molar-refractivity contribution in [2.24, 2.45) is 0 Å². The Morgan fingerprint density at radius 2 is 1.58 bits per heavy atom. The molecule has 2 aromatic carbocycles. The zero-order chi connectivity index (χ0) is 15.5. The zero-order valence-electron chi connectivity index (χ0n) is 15.1. The minimum Gasteiger partial charge on any atom is -0.358 e. The first-order valence-corrected chi connectivity index (χ1v) is 8.88. The van der Waals surface area contributed by atoms with E-state index in [4.69, 9.17) is 0 Å². The number of allylic oxidation sites excluding steroid dienone is 4. The van der Waals surface area contributed by atoms with Crippen LogP contribution in [-0.2, 0) is 30.7 Å². The Balaban J connectivity index is 0.000000438. The van der Waals surface area contributed by atoms with E-state index in [9.17, 15) is 0 Å². The molecule has 0 aromatic heterocycles. The molecule has 0 nitrogen and oxygen atoms in total. The van der Waals surface area contributed by atoms with Gasteiger partial charge in [0.05, 0.1) is 0 Å². The van der Waals surface area contributed by atoms with Crippen molar-refractivity contribution in [3.05, 3.63) is 98.3 Å². The maximum absolute atomic E-state index is 3.61. The smallest absolute Gasteiger partial charge is 0.00217 e. The molecule has 4 rings (SSSR count). The predicted octanol–water partition coefficient (Wildman–Crippen LogP) is 5.91. The Bertz CT molecular complexity index is 749. The van der Waals surface area contributed by atoms with Crippen LogP contribution in [0.1, 0.15) is 36.5 Å². The van der Waals surface area contributed by atoms with Crippen molar-refractivity contribution in [2.45, 2.75) is 26.2 Å². The first kappa shape index (κ1) is 20.7. The quantitative estimate of drug-likeness (QED) is 0.451. The van der Waals surface area contributed by atoms with Gasteiger partial charge in [0.1, 0.15) is 0 Å². The summed E-state index contributed by atoms with van der Waals surface area (Å²) in [6, 6.07) is 16.7. The van der Waals surface area contributed by atoms with Crippen LogP contribution in [-0.4, -0.2) is 3.21 Å². The van der Waals surface area contributed by atoms with Crippen LogP contribution >= 0.6 is 0 Å². The number of hydrogen-bond donors (Lipinski definition) is 0. The van der Waals surface area contributed by atoms with Gasteiger partial charge in [0.2, 0.25) is 0 Å². The van der Waals surface area contributed by atoms with Crippen LogP contribution in [0.5, 0.6) is 0 Å². The van der Waals surface area contributed by atoms with Gasteiger partial charge in [-0.2, -0.15) is 23.8 Å². The summed E-state index contributed by atoms with van der Waals surface area (Å²) in [6.07, 6.45) is 9.70. The van der Waals surface area contributed by atoms with Gasteiger partial charge in [-0.3, -0.25) is 0 Å². The van der Waals surface area contributed by atoms with Crippen molar-refractivity contribution < 1.29 is 24.2 Å². The van der Waals surface area contributed by atoms with Crippen molar-refractivity contribution in [2.75, 3.05) is 0 Å². The fraction of sp³-hybridized carbons (Fsp3) is 0.174. The van der Waals surface area contributed by atoms with Gasteiger partial charge in [-0.25, -0.2) is 0 Å². The maximum atomic E-state index is 3.61. The monoisotopic (exact) mass is 391 g/mol. The molecular weight excluding hydrogens is 367 g/mol. The van der Waals surface area contributed by atoms with E-state index in [1.54, 1.807) is 24.2 Å². The van der Waals surface area contributed by atoms with Crippen LogP contribution < -0.4 is 0 Å². The summed E-state index contributed by atoms with van der Waals surface area (Å²) in [4.78, 5) is 0. The maximum Gasteiger partial charge on any atom is -0.00217 e. The molecule has 0 N–H and O–H groups in total. The van der Waals surface area contributed by atoms with Crippen molar-refractivity contribution in [1.82, 2.24) is 0 Å². The summed E-state index contributed by atoms with van der Waals surface area (Å²) in [7, 11) is 0. The van der Waals surface area contributed by atoms with Gasteiger partial charge in [-0.15, -0.1) is 11.1 Å². The number of rotatable bonds is 1. The van der Waals surface area contributed by atoms with Crippen molar-refractivity contribution >= 4 is 3.21 Å². The predicted molar refractivity (Wildman–Crippen MR) is 104 cm³/mol. The molecule has 0 amide bonds. The molecule has 0 atom stereocenters. The van der Waals surface area contributed by atoms with E-state index in [0.29, 0.717) is 5.92 Å². The van der Waals surface area contributed by atoms with Gasteiger partial charge in [0.15, 0.2) is 0 Å². The molecule has 0 radical (unpaired) electrons. The molecule has 0 saturated heterocycles. The van der Waals surface area contributed by atoms with Crippen LogP contribution in [0, 0.1) is 20.9 Å². The van der Waals surface area contributed by atoms with Gasteiger partial charge in [0, 0.05) is 0 Å². The molecule has 0 unspecified atom stereocenters. The van der Waals surface area contributed by atoms with Crippen LogP contribution in [0.2, 0.25) is 0 Å². The largest absolute Gasteiger partial charge is 0.358 e. The summed E-state index contributed by atoms with van der Waals surface area (Å²) in [5, 5.41) is 0. The Kier molecular flexibility index (Phi) is 7.97. The Morgan fingerprint density at radius 3 is 2.25 bits per heavy atom. The van der Waals surface area contributed by atoms with Gasteiger partial charge in [-0.05, 0) is 12.3 Å². The summed E-state index contributed by atoms with van der Waals surface area (Å²) in [5.41, 5.74) is 6.81. The molecule has 0 saturated carbocycles. The minimum atomic E-state index is 0. The molecule has 2 aliphatic carbocycles. The fourth-order valence-electron chi connectivity index (χ4n) is 2.91. The van der Waals surface area contributed by atoms with Crippen molar-refractivity contribution in [3.63, 3.8) is 0 Å². The number of fused-ring (bicyclic) bond motifs is 3. The van der Waals surface area contributed by atoms with E-state index < -0.39 is 0 Å². The molecule has 1 heteroatoms. The SMILES string of the molecule is C[C](C)=[Zr].[CH3-].[CH3-].[c-]1c(C2C=CC=C2)ccc2c1Cc1ccccc1-2. The van der Waals surface area contributed by atoms with Crippen LogP contribution in [0.15, 0.2) is 60.7 Å². The molecule has 124 valence electrons. The molecule has 2 aromatic rings. The second kappa shape index (κ2) is 9.23. The standard InChI is InChI=1S/C18H13.C3H6.2CH3.Zr/c1-2-6-13(5-1)14-9-10-18-16(11-14)12-15-7-3-4-8-17(15)18;1-3-2;;;/h1-10,13H,12H2;1-2H3;2*1H3;/q-1;;2*-1;. The van der Waals surface area contributed by atoms with E-state index in [1.807, 2.05) is 0 Å². The second-order valence-electron chi connectivity index (χ2n) is 5.94. The Hall–Kier alpha value is -1.33. The Morgan fingerprint density at radius 1 is 0.958 bits per heavy atom. The third-order valence-electron chi connectivity index (χ3n) is 3.83. The van der Waals surface area contributed by atoms with E-state index >= 15 is 0 Å². The molecule has 0 fully saturated rings. The number of hydrogen-bond acceptors (Lipinski definition) is 0. The second-order valence-corrected chi connectivity index (χ2v) is 8.39. The average molecular weight is 393 g/mol. The third-order valence-corrected chi connectivity index (χ3v) is 3.83.